The van der Waals surface area contributed by atoms with Gasteiger partial charge in [0.1, 0.15) is 6.29 Å². The van der Waals surface area contributed by atoms with E-state index >= 15 is 0 Å². The predicted molar refractivity (Wildman–Crippen MR) is 240 cm³/mol. The van der Waals surface area contributed by atoms with Gasteiger partial charge in [0.05, 0.1) is 6.54 Å². The van der Waals surface area contributed by atoms with Gasteiger partial charge in [0.2, 0.25) is 0 Å². The van der Waals surface area contributed by atoms with Crippen molar-refractivity contribution in [3.63, 3.8) is 0 Å². The Morgan fingerprint density at radius 2 is 1.07 bits per heavy atom. The fourth-order valence-corrected chi connectivity index (χ4v) is 9.46. The summed E-state index contributed by atoms with van der Waals surface area (Å²) in [6.45, 7) is 12.4. The lowest BCUT2D eigenvalue weighted by molar-refractivity contribution is -0.104. The summed E-state index contributed by atoms with van der Waals surface area (Å²) >= 11 is 0. The summed E-state index contributed by atoms with van der Waals surface area (Å²) in [5, 5.41) is 0. The summed E-state index contributed by atoms with van der Waals surface area (Å²) in [5.41, 5.74) is 0. The van der Waals surface area contributed by atoms with Crippen LogP contribution in [0.3, 0.4) is 0 Å². The van der Waals surface area contributed by atoms with Gasteiger partial charge in [-0.2, -0.15) is 0 Å². The van der Waals surface area contributed by atoms with E-state index in [1.54, 1.807) is 0 Å². The minimum Gasteiger partial charge on any atom is -0.394 e. The van der Waals surface area contributed by atoms with E-state index in [2.05, 4.69) is 57.0 Å². The van der Waals surface area contributed by atoms with Crippen molar-refractivity contribution in [3.05, 3.63) is 12.2 Å². The van der Waals surface area contributed by atoms with Crippen LogP contribution in [0, 0.1) is 24.2 Å². The molecule has 0 aromatic carbocycles. The Labute approximate surface area is 340 Å². The third kappa shape index (κ3) is 34.6. The van der Waals surface area contributed by atoms with Crippen LogP contribution in [0.1, 0.15) is 226 Å². The lowest BCUT2D eigenvalue weighted by Gasteiger charge is -2.29. The van der Waals surface area contributed by atoms with Crippen LogP contribution in [0.25, 0.3) is 0 Å². The van der Waals surface area contributed by atoms with Gasteiger partial charge in [0, 0.05) is 13.2 Å². The van der Waals surface area contributed by atoms with Crippen molar-refractivity contribution in [2.45, 2.75) is 245 Å². The van der Waals surface area contributed by atoms with E-state index in [1.165, 1.54) is 193 Å². The van der Waals surface area contributed by atoms with E-state index < -0.39 is 8.56 Å². The van der Waals surface area contributed by atoms with Gasteiger partial charge in [-0.05, 0) is 103 Å². The maximum absolute atomic E-state index is 6.65. The highest BCUT2D eigenvalue weighted by molar-refractivity contribution is 6.64. The number of unbranched alkanes of at least 4 members (excludes halogenated alkanes) is 24. The van der Waals surface area contributed by atoms with Gasteiger partial charge in [-0.1, -0.05) is 180 Å². The zero-order valence-corrected chi connectivity index (χ0v) is 38.3. The average molecular weight is 774 g/mol. The number of allylic oxidation sites excluding steroid dienone is 2. The SMILES string of the molecule is C#CCN(C)CCCCCCO[Si](C)(C)OC(CCCCCCCC1CC1CCCCCCCC)OCCCCCCCC/C=C\CCCCCCCC. The summed E-state index contributed by atoms with van der Waals surface area (Å²) in [4.78, 5) is 2.22. The van der Waals surface area contributed by atoms with Crippen LogP contribution in [-0.2, 0) is 13.6 Å². The Morgan fingerprint density at radius 3 is 1.63 bits per heavy atom. The van der Waals surface area contributed by atoms with Gasteiger partial charge in [-0.15, -0.1) is 6.42 Å². The van der Waals surface area contributed by atoms with E-state index in [0.29, 0.717) is 0 Å². The summed E-state index contributed by atoms with van der Waals surface area (Å²) in [6, 6.07) is 0. The van der Waals surface area contributed by atoms with Gasteiger partial charge in [-0.3, -0.25) is 4.90 Å². The van der Waals surface area contributed by atoms with Crippen LogP contribution < -0.4 is 0 Å². The van der Waals surface area contributed by atoms with Gasteiger partial charge >= 0.3 is 8.56 Å². The Balaban J connectivity index is 2.23. The smallest absolute Gasteiger partial charge is 0.333 e. The highest BCUT2D eigenvalue weighted by Gasteiger charge is 2.35. The lowest BCUT2D eigenvalue weighted by Crippen LogP contribution is -2.40. The third-order valence-electron chi connectivity index (χ3n) is 11.6. The zero-order valence-electron chi connectivity index (χ0n) is 37.3. The molecule has 3 unspecified atom stereocenters. The molecule has 54 heavy (non-hydrogen) atoms. The molecule has 0 aliphatic heterocycles. The summed E-state index contributed by atoms with van der Waals surface area (Å²) in [5.74, 6) is 4.85. The third-order valence-corrected chi connectivity index (χ3v) is 13.4. The van der Waals surface area contributed by atoms with Crippen LogP contribution in [0.2, 0.25) is 13.1 Å². The Kier molecular flexibility index (Phi) is 36.1. The Morgan fingerprint density at radius 1 is 0.611 bits per heavy atom. The van der Waals surface area contributed by atoms with Crippen LogP contribution >= 0.6 is 0 Å². The second-order valence-corrected chi connectivity index (χ2v) is 20.9. The molecule has 318 valence electrons. The standard InChI is InChI=1S/C49H95NO3Si/c1-7-10-12-14-16-17-18-19-20-21-22-23-24-25-31-37-44-51-49(53-54(5,6)52-45-38-32-30-36-43-50(4)42-9-3)41-35-29-26-28-34-40-48-46-47(48)39-33-27-15-13-11-8-2/h3,19-20,47-49H,7-8,10-18,21-46H2,1-2,4-6H3/b20-19-. The van der Waals surface area contributed by atoms with Crippen LogP contribution in [0.4, 0.5) is 0 Å². The number of hydrogen-bond donors (Lipinski definition) is 0. The molecule has 4 nitrogen and oxygen atoms in total. The second-order valence-electron chi connectivity index (χ2n) is 17.6. The van der Waals surface area contributed by atoms with Gasteiger partial charge in [0.15, 0.2) is 0 Å². The molecule has 1 aliphatic rings. The van der Waals surface area contributed by atoms with Crippen molar-refractivity contribution in [1.82, 2.24) is 4.90 Å². The summed E-state index contributed by atoms with van der Waals surface area (Å²) in [7, 11) is -0.145. The van der Waals surface area contributed by atoms with Crippen LogP contribution in [0.15, 0.2) is 12.2 Å². The molecule has 1 saturated carbocycles. The zero-order chi connectivity index (χ0) is 39.2. The number of nitrogens with zero attached hydrogens (tertiary/aromatic N) is 1. The van der Waals surface area contributed by atoms with Crippen molar-refractivity contribution in [3.8, 4) is 12.3 Å². The van der Waals surface area contributed by atoms with E-state index in [0.717, 1.165) is 57.4 Å². The predicted octanol–water partition coefficient (Wildman–Crippen LogP) is 15.3. The molecule has 1 fully saturated rings. The first-order chi connectivity index (χ1) is 26.4. The molecule has 1 aliphatic carbocycles. The summed E-state index contributed by atoms with van der Waals surface area (Å²) in [6.07, 6.45) is 54.3. The number of terminal acetylenes is 1. The van der Waals surface area contributed by atoms with Crippen molar-refractivity contribution >= 4 is 8.56 Å². The molecule has 3 atom stereocenters. The van der Waals surface area contributed by atoms with Crippen LogP contribution in [0.5, 0.6) is 0 Å². The van der Waals surface area contributed by atoms with Gasteiger partial charge < -0.3 is 13.6 Å². The first-order valence-corrected chi connectivity index (χ1v) is 26.9. The molecule has 0 aromatic rings. The second kappa shape index (κ2) is 37.9. The van der Waals surface area contributed by atoms with Gasteiger partial charge in [-0.25, -0.2) is 0 Å². The quantitative estimate of drug-likeness (QED) is 0.0203. The van der Waals surface area contributed by atoms with Crippen molar-refractivity contribution in [2.75, 3.05) is 33.4 Å². The highest BCUT2D eigenvalue weighted by atomic mass is 28.4. The molecular formula is C49H95NO3Si. The van der Waals surface area contributed by atoms with Crippen LogP contribution in [-0.4, -0.2) is 53.1 Å². The minimum atomic E-state index is -2.25. The first kappa shape index (κ1) is 51.4. The maximum atomic E-state index is 6.65. The number of rotatable bonds is 43. The van der Waals surface area contributed by atoms with E-state index in [9.17, 15) is 0 Å². The fraction of sp³-hybridized carbons (Fsp3) is 0.918. The molecular weight excluding hydrogens is 679 g/mol. The molecule has 0 bridgehead atoms. The van der Waals surface area contributed by atoms with E-state index in [4.69, 9.17) is 20.0 Å². The average Bonchev–Trinajstić information content (AvgIpc) is 3.91. The molecule has 0 aromatic heterocycles. The van der Waals surface area contributed by atoms with Crippen molar-refractivity contribution in [2.24, 2.45) is 11.8 Å². The first-order valence-electron chi connectivity index (χ1n) is 24.1. The summed E-state index contributed by atoms with van der Waals surface area (Å²) < 4.78 is 19.5. The molecule has 0 heterocycles. The van der Waals surface area contributed by atoms with E-state index in [-0.39, 0.29) is 6.29 Å². The Hall–Kier alpha value is -0.643. The largest absolute Gasteiger partial charge is 0.394 e. The lowest BCUT2D eigenvalue weighted by atomic mass is 10.0. The Bertz CT molecular complexity index is 856. The van der Waals surface area contributed by atoms with Gasteiger partial charge in [0.25, 0.3) is 0 Å². The topological polar surface area (TPSA) is 30.9 Å². The number of ether oxygens (including phenoxy) is 1. The van der Waals surface area contributed by atoms with E-state index in [1.807, 2.05) is 0 Å². The molecule has 1 rings (SSSR count). The monoisotopic (exact) mass is 774 g/mol. The van der Waals surface area contributed by atoms with Crippen molar-refractivity contribution < 1.29 is 13.6 Å². The normalized spacial score (nSPS) is 16.5. The molecule has 5 heteroatoms. The molecule has 0 spiro atoms. The number of hydrogen-bond acceptors (Lipinski definition) is 4. The van der Waals surface area contributed by atoms with Crippen molar-refractivity contribution in [1.29, 1.82) is 0 Å². The molecule has 0 N–H and O–H groups in total. The highest BCUT2D eigenvalue weighted by Crippen LogP contribution is 2.45. The molecule has 0 radical (unpaired) electrons. The molecule has 0 amide bonds. The maximum Gasteiger partial charge on any atom is 0.333 e. The molecule has 0 saturated heterocycles. The minimum absolute atomic E-state index is 0.115. The fourth-order valence-electron chi connectivity index (χ4n) is 7.93.